The summed E-state index contributed by atoms with van der Waals surface area (Å²) in [4.78, 5) is 10.3. The number of thiol groups is 1. The molecule has 0 aliphatic carbocycles. The van der Waals surface area contributed by atoms with E-state index >= 15 is 0 Å². The van der Waals surface area contributed by atoms with Crippen LogP contribution in [0.15, 0.2) is 29.2 Å². The number of rotatable bonds is 4. The quantitative estimate of drug-likeness (QED) is 0.550. The van der Waals surface area contributed by atoms with Crippen LogP contribution in [-0.4, -0.2) is 31.8 Å². The van der Waals surface area contributed by atoms with Crippen LogP contribution in [0.3, 0.4) is 0 Å². The van der Waals surface area contributed by atoms with Gasteiger partial charge < -0.3 is 5.11 Å². The highest BCUT2D eigenvalue weighted by molar-refractivity contribution is 7.89. The summed E-state index contributed by atoms with van der Waals surface area (Å²) >= 11 is 3.93. The Morgan fingerprint density at radius 3 is 2.44 bits per heavy atom. The Morgan fingerprint density at radius 2 is 1.94 bits per heavy atom. The summed E-state index contributed by atoms with van der Waals surface area (Å²) in [5.74, 6) is 4.70. The molecule has 0 amide bonds. The summed E-state index contributed by atoms with van der Waals surface area (Å²) in [7, 11) is -3.79. The molecule has 0 radical (unpaired) electrons. The van der Waals surface area contributed by atoms with Crippen LogP contribution in [0.4, 0.5) is 0 Å². The fourth-order valence-corrected chi connectivity index (χ4v) is 2.15. The number of carbonyl (C=O) groups is 1. The van der Waals surface area contributed by atoms with Gasteiger partial charge in [-0.2, -0.15) is 17.4 Å². The summed E-state index contributed by atoms with van der Waals surface area (Å²) < 4.78 is 25.2. The number of carboxylic acid groups (broad SMARTS) is 1. The maximum Gasteiger partial charge on any atom is 0.318 e. The van der Waals surface area contributed by atoms with E-state index in [0.29, 0.717) is 11.3 Å². The monoisotopic (exact) mass is 285 g/mol. The highest BCUT2D eigenvalue weighted by Crippen LogP contribution is 2.09. The van der Waals surface area contributed by atoms with E-state index in [2.05, 4.69) is 24.5 Å². The number of carboxylic acids is 1. The third-order valence-corrected chi connectivity index (χ3v) is 3.47. The number of aliphatic carboxylic acids is 1. The number of hydrogen-bond donors (Lipinski definition) is 3. The molecule has 7 heteroatoms. The van der Waals surface area contributed by atoms with Crippen LogP contribution in [0.1, 0.15) is 5.56 Å². The van der Waals surface area contributed by atoms with Crippen LogP contribution in [0, 0.1) is 11.8 Å². The van der Waals surface area contributed by atoms with Gasteiger partial charge in [0, 0.05) is 5.56 Å². The number of hydrogen-bond acceptors (Lipinski definition) is 4. The Labute approximate surface area is 111 Å². The average Bonchev–Trinajstić information content (AvgIpc) is 2.34. The van der Waals surface area contributed by atoms with Crippen molar-refractivity contribution in [2.45, 2.75) is 4.90 Å². The van der Waals surface area contributed by atoms with Crippen molar-refractivity contribution >= 4 is 28.6 Å². The van der Waals surface area contributed by atoms with Crippen molar-refractivity contribution < 1.29 is 18.3 Å². The van der Waals surface area contributed by atoms with Crippen LogP contribution in [-0.2, 0) is 14.8 Å². The van der Waals surface area contributed by atoms with Crippen molar-refractivity contribution in [3.05, 3.63) is 29.8 Å². The molecule has 18 heavy (non-hydrogen) atoms. The molecule has 0 bridgehead atoms. The second-order valence-electron chi connectivity index (χ2n) is 3.20. The highest BCUT2D eigenvalue weighted by Gasteiger charge is 2.14. The Morgan fingerprint density at radius 1 is 1.33 bits per heavy atom. The average molecular weight is 285 g/mol. The largest absolute Gasteiger partial charge is 0.480 e. The van der Waals surface area contributed by atoms with Crippen LogP contribution < -0.4 is 4.72 Å². The molecule has 0 aliphatic rings. The summed E-state index contributed by atoms with van der Waals surface area (Å²) in [6.07, 6.45) is 0. The standard InChI is InChI=1S/C11H11NO4S2/c13-11(14)8-12-18(15,16)10-5-3-9(4-6-10)2-1-7-17/h3-6,12,17H,7-8H2,(H,13,14). The van der Waals surface area contributed by atoms with E-state index in [0.717, 1.165) is 0 Å². The predicted octanol–water partition coefficient (Wildman–Crippen LogP) is 0.331. The molecule has 0 spiro atoms. The van der Waals surface area contributed by atoms with E-state index in [1.54, 1.807) is 12.1 Å². The summed E-state index contributed by atoms with van der Waals surface area (Å²) in [5, 5.41) is 8.41. The molecule has 0 aliphatic heterocycles. The van der Waals surface area contributed by atoms with Crippen molar-refractivity contribution in [3.8, 4) is 11.8 Å². The zero-order valence-corrected chi connectivity index (χ0v) is 11.0. The molecule has 1 rings (SSSR count). The first-order valence-electron chi connectivity index (χ1n) is 4.87. The van der Waals surface area contributed by atoms with Crippen molar-refractivity contribution in [1.82, 2.24) is 4.72 Å². The molecule has 1 aromatic carbocycles. The Bertz CT molecular complexity index is 582. The Hall–Kier alpha value is -1.49. The van der Waals surface area contributed by atoms with Gasteiger partial charge in [0.05, 0.1) is 10.6 Å². The molecule has 1 aromatic rings. The second-order valence-corrected chi connectivity index (χ2v) is 5.29. The minimum absolute atomic E-state index is 0.000161. The van der Waals surface area contributed by atoms with Gasteiger partial charge >= 0.3 is 5.97 Å². The lowest BCUT2D eigenvalue weighted by molar-refractivity contribution is -0.135. The van der Waals surface area contributed by atoms with Crippen LogP contribution in [0.2, 0.25) is 0 Å². The molecule has 5 nitrogen and oxygen atoms in total. The first-order chi connectivity index (χ1) is 8.45. The molecule has 0 atom stereocenters. The van der Waals surface area contributed by atoms with E-state index in [-0.39, 0.29) is 4.90 Å². The third-order valence-electron chi connectivity index (χ3n) is 1.89. The fraction of sp³-hybridized carbons (Fsp3) is 0.182. The van der Waals surface area contributed by atoms with Gasteiger partial charge in [0.1, 0.15) is 6.54 Å². The second kappa shape index (κ2) is 6.44. The van der Waals surface area contributed by atoms with Crippen molar-refractivity contribution in [3.63, 3.8) is 0 Å². The van der Waals surface area contributed by atoms with Crippen LogP contribution in [0.25, 0.3) is 0 Å². The molecule has 0 heterocycles. The van der Waals surface area contributed by atoms with Gasteiger partial charge in [0.2, 0.25) is 10.0 Å². The lowest BCUT2D eigenvalue weighted by atomic mass is 10.2. The van der Waals surface area contributed by atoms with Gasteiger partial charge in [0.25, 0.3) is 0 Å². The summed E-state index contributed by atoms with van der Waals surface area (Å²) in [6, 6.07) is 5.83. The first-order valence-corrected chi connectivity index (χ1v) is 6.98. The molecule has 2 N–H and O–H groups in total. The van der Waals surface area contributed by atoms with E-state index in [1.165, 1.54) is 12.1 Å². The molecule has 0 aromatic heterocycles. The lowest BCUT2D eigenvalue weighted by Crippen LogP contribution is -2.29. The van der Waals surface area contributed by atoms with Gasteiger partial charge in [-0.25, -0.2) is 8.42 Å². The van der Waals surface area contributed by atoms with Gasteiger partial charge in [-0.1, -0.05) is 11.8 Å². The highest BCUT2D eigenvalue weighted by atomic mass is 32.2. The van der Waals surface area contributed by atoms with Crippen molar-refractivity contribution in [1.29, 1.82) is 0 Å². The molecule has 0 unspecified atom stereocenters. The fourth-order valence-electron chi connectivity index (χ4n) is 1.10. The minimum Gasteiger partial charge on any atom is -0.480 e. The smallest absolute Gasteiger partial charge is 0.318 e. The normalized spacial score (nSPS) is 10.5. The van der Waals surface area contributed by atoms with E-state index < -0.39 is 22.5 Å². The molecule has 0 saturated carbocycles. The topological polar surface area (TPSA) is 83.5 Å². The molecule has 0 fully saturated rings. The van der Waals surface area contributed by atoms with Crippen LogP contribution in [0.5, 0.6) is 0 Å². The third kappa shape index (κ3) is 4.41. The van der Waals surface area contributed by atoms with Gasteiger partial charge in [0.15, 0.2) is 0 Å². The van der Waals surface area contributed by atoms with E-state index in [4.69, 9.17) is 5.11 Å². The van der Waals surface area contributed by atoms with Crippen molar-refractivity contribution in [2.24, 2.45) is 0 Å². The summed E-state index contributed by atoms with van der Waals surface area (Å²) in [5.41, 5.74) is 0.668. The van der Waals surface area contributed by atoms with E-state index in [9.17, 15) is 13.2 Å². The van der Waals surface area contributed by atoms with Crippen LogP contribution >= 0.6 is 12.6 Å². The zero-order chi connectivity index (χ0) is 13.6. The Kier molecular flexibility index (Phi) is 5.22. The van der Waals surface area contributed by atoms with E-state index in [1.807, 2.05) is 4.72 Å². The van der Waals surface area contributed by atoms with Gasteiger partial charge in [-0.15, -0.1) is 0 Å². The zero-order valence-electron chi connectivity index (χ0n) is 9.25. The minimum atomic E-state index is -3.79. The Balaban J connectivity index is 2.87. The number of nitrogens with one attached hydrogen (secondary N) is 1. The lowest BCUT2D eigenvalue weighted by Gasteiger charge is -2.04. The maximum atomic E-state index is 11.6. The summed E-state index contributed by atoms with van der Waals surface area (Å²) in [6.45, 7) is -0.649. The molecule has 0 saturated heterocycles. The predicted molar refractivity (Wildman–Crippen MR) is 70.0 cm³/mol. The molecular formula is C11H11NO4S2. The number of benzene rings is 1. The molecule has 96 valence electrons. The van der Waals surface area contributed by atoms with Gasteiger partial charge in [-0.05, 0) is 24.3 Å². The first kappa shape index (κ1) is 14.6. The SMILES string of the molecule is O=C(O)CNS(=O)(=O)c1ccc(C#CCS)cc1. The molecular weight excluding hydrogens is 274 g/mol. The number of sulfonamides is 1. The van der Waals surface area contributed by atoms with Crippen molar-refractivity contribution in [2.75, 3.05) is 12.3 Å². The maximum absolute atomic E-state index is 11.6. The van der Waals surface area contributed by atoms with Gasteiger partial charge in [-0.3, -0.25) is 4.79 Å².